The van der Waals surface area contributed by atoms with Gasteiger partial charge in [0.1, 0.15) is 35.9 Å². The number of benzene rings is 3. The van der Waals surface area contributed by atoms with Crippen LogP contribution in [-0.2, 0) is 47.9 Å². The summed E-state index contributed by atoms with van der Waals surface area (Å²) in [7, 11) is -2.06. The highest BCUT2D eigenvalue weighted by atomic mass is 16.6. The zero-order valence-electron chi connectivity index (χ0n) is 102. The van der Waals surface area contributed by atoms with E-state index in [1.807, 2.05) is 0 Å². The fourth-order valence-corrected chi connectivity index (χ4v) is 9.43. The summed E-state index contributed by atoms with van der Waals surface area (Å²) in [6, 6.07) is -19.1. The van der Waals surface area contributed by atoms with Crippen LogP contribution in [-0.4, -0.2) is 150 Å². The molecular formula is C73H116N6O12. The molecule has 18 nitrogen and oxygen atoms in total. The summed E-state index contributed by atoms with van der Waals surface area (Å²) in [5.74, 6) is -32.2. The summed E-state index contributed by atoms with van der Waals surface area (Å²) in [4.78, 5) is 41.2. The van der Waals surface area contributed by atoms with Crippen molar-refractivity contribution >= 4 is 17.9 Å². The average Bonchev–Trinajstić information content (AvgIpc) is 0.644. The van der Waals surface area contributed by atoms with Gasteiger partial charge in [0.2, 0.25) is 0 Å². The molecule has 18 heteroatoms. The first-order chi connectivity index (χ1) is 62.1. The molecule has 3 saturated heterocycles. The van der Waals surface area contributed by atoms with E-state index < -0.39 is 325 Å². The van der Waals surface area contributed by atoms with Crippen LogP contribution in [0.2, 0.25) is 0 Å². The predicted octanol–water partition coefficient (Wildman–Crippen LogP) is 11.1. The fourth-order valence-electron chi connectivity index (χ4n) is 9.43. The minimum atomic E-state index is -4.27. The number of methoxy groups -OCH3 is 6. The normalized spacial score (nSPS) is 45.5. The summed E-state index contributed by atoms with van der Waals surface area (Å²) in [5.41, 5.74) is 11.3. The lowest BCUT2D eigenvalue weighted by Gasteiger charge is -2.52. The van der Waals surface area contributed by atoms with E-state index in [1.165, 1.54) is 48.7 Å². The molecule has 0 aromatic heterocycles. The fraction of sp³-hybridized carbons (Fsp3) is 0.712. The van der Waals surface area contributed by atoms with E-state index in [9.17, 15) is 40.4 Å². The van der Waals surface area contributed by atoms with E-state index in [-0.39, 0.29) is 40.0 Å². The van der Waals surface area contributed by atoms with Gasteiger partial charge in [-0.1, -0.05) is 82.9 Å². The maximum atomic E-state index is 13.5. The number of nitrogens with zero attached hydrogens (tertiary/aromatic N) is 3. The van der Waals surface area contributed by atoms with Crippen molar-refractivity contribution in [2.75, 3.05) is 81.6 Å². The van der Waals surface area contributed by atoms with Gasteiger partial charge in [-0.2, -0.15) is 0 Å². The highest BCUT2D eigenvalue weighted by molar-refractivity contribution is 5.77. The van der Waals surface area contributed by atoms with Crippen LogP contribution in [0.25, 0.3) is 0 Å². The third-order valence-corrected chi connectivity index (χ3v) is 14.6. The van der Waals surface area contributed by atoms with Crippen molar-refractivity contribution in [3.8, 4) is 34.5 Å². The molecule has 6 N–H and O–H groups in total. The lowest BCUT2D eigenvalue weighted by molar-refractivity contribution is -0.179. The number of carbonyl (C=O) groups is 3. The molecule has 0 saturated carbocycles. The van der Waals surface area contributed by atoms with Crippen LogP contribution in [0.15, 0.2) is 36.3 Å². The molecule has 91 heavy (non-hydrogen) atoms. The van der Waals surface area contributed by atoms with Gasteiger partial charge >= 0.3 is 17.9 Å². The molecule has 6 heterocycles. The Balaban J connectivity index is 0.000000286. The molecule has 6 aliphatic rings. The smallest absolute Gasteiger partial charge is 0.323 e. The molecule has 6 aliphatic heterocycles. The number of hydrogen-bond donors (Lipinski definition) is 3. The second-order valence-corrected chi connectivity index (χ2v) is 22.5. The Kier molecular flexibility index (Phi) is 11.0. The first kappa shape index (κ1) is 31.0. The number of fused-ring (bicyclic) bond motifs is 9. The molecule has 0 radical (unpaired) electrons. The standard InChI is InChI=1S/C25H40N2O4.2C24H38N2O4/c1-15(2)10-18-14-27-9-8-17-11-21(29-6)22(30-7)12-19(17)20(27)13-25(18,5)31-24(28)23(26)16(3)4;2*1-14(2)9-17-13-26-8-7-16-10-21(28-5)22(29-6)11-18(16)19(26)12-20(17)30-24(27)23(25)15(3)4/h11-12,15-16,18,20,23H,8-10,13-14,26H2,1-7H3;2*10-11,14-15,17,19-20,23H,7-9,12-13,25H2,1-6H3/t18?,20?,23-,25?;2*17?,19?,20?,23-/m000/s1/i1D3,10D2,11D,12D,13D2,14D2,15D,18D,20D;1D3,5D3,9D2,10D,11D,12D2,13D2,14D,17D,19D,20D;1D3,5D3,9D2,10D,11D,12D2,13D2,14D,17D,19D/t15?,18?,20?,23-,25?;2*14?,17?,19?,20?,23-. The second-order valence-electron chi connectivity index (χ2n) is 22.5. The number of nitrogens with two attached hydrogens (primary N) is 3. The van der Waals surface area contributed by atoms with Crippen LogP contribution >= 0.6 is 0 Å². The summed E-state index contributed by atoms with van der Waals surface area (Å²) >= 11 is 0. The van der Waals surface area contributed by atoms with E-state index in [1.54, 1.807) is 0 Å². The molecule has 3 aromatic rings. The molecular weight excluding hydrogens is 1150 g/mol. The minimum Gasteiger partial charge on any atom is -0.493 e. The van der Waals surface area contributed by atoms with Crippen LogP contribution in [0.3, 0.4) is 0 Å². The molecule has 0 amide bonds. The van der Waals surface area contributed by atoms with E-state index in [0.717, 1.165) is 21.3 Å². The van der Waals surface area contributed by atoms with Crippen LogP contribution in [0, 0.1) is 53.1 Å². The van der Waals surface area contributed by atoms with Crippen LogP contribution in [0.1, 0.15) is 247 Å². The van der Waals surface area contributed by atoms with Gasteiger partial charge < -0.3 is 59.8 Å². The number of carbonyl (C=O) groups excluding carboxylic acids is 3. The first-order valence-electron chi connectivity index (χ1n) is 53.4. The van der Waals surface area contributed by atoms with Gasteiger partial charge in [0, 0.05) is 139 Å². The number of piperidine rings is 3. The van der Waals surface area contributed by atoms with Crippen molar-refractivity contribution < 1.29 is 124 Å². The second kappa shape index (κ2) is 32.2. The maximum Gasteiger partial charge on any atom is 0.323 e. The van der Waals surface area contributed by atoms with Gasteiger partial charge in [-0.15, -0.1) is 0 Å². The summed E-state index contributed by atoms with van der Waals surface area (Å²) < 4.78 is 474. The third-order valence-electron chi connectivity index (χ3n) is 14.6. The van der Waals surface area contributed by atoms with Crippen LogP contribution in [0.4, 0.5) is 0 Å². The maximum absolute atomic E-state index is 13.5. The van der Waals surface area contributed by atoms with Crippen LogP contribution in [0.5, 0.6) is 34.5 Å². The number of ether oxygens (including phenoxy) is 9. The molecule has 12 unspecified atom stereocenters. The zero-order valence-corrected chi connectivity index (χ0v) is 53.3. The monoisotopic (exact) mass is 1320 g/mol. The van der Waals surface area contributed by atoms with Gasteiger partial charge in [-0.3, -0.25) is 29.1 Å². The lowest BCUT2D eigenvalue weighted by Crippen LogP contribution is -2.56. The number of esters is 3. The van der Waals surface area contributed by atoms with Crippen molar-refractivity contribution in [2.24, 2.45) is 70.3 Å². The number of hydrogen-bond acceptors (Lipinski definition) is 18. The Morgan fingerprint density at radius 3 is 1.40 bits per heavy atom. The topological polar surface area (TPSA) is 222 Å². The van der Waals surface area contributed by atoms with Crippen molar-refractivity contribution in [3.05, 3.63) is 69.6 Å². The SMILES string of the molecule is [2H]c1c2c(c([2H])c(OC)c1OC([2H])([2H])[2H])C1([2H])N(CC2)C([2H])([2H])C([2H])(C([2H])([2H])C([2H])(C)C([2H])([2H])[2H])C(OC(=O)[C@@H](N)C(C)C)C1([2H])[2H].[2H]c1c2c(c([2H])c(OC)c1OC([2H])([2H])[2H])C1([2H])N(CC2)C([2H])([2H])C([2H])(C([2H])([2H])C([2H])(C)C([2H])([2H])[2H])C([2H])(OC(=O)[C@@H](N)C(C)C)C1([2H])[2H].[2H]c1c2c(c([2H])c(OC)c1OC)C1([2H])N(CC2)C([2H])([2H])C([2H])(C([2H])([2H])C([2H])(C)C([2H])([2H])[2H])C(C)(OC(=O)[C@@H](N)C(C)C)C1([2H])[2H]. The average molecular weight is 1320 g/mol. The van der Waals surface area contributed by atoms with Gasteiger partial charge in [0.05, 0.1) is 64.4 Å². The summed E-state index contributed by atoms with van der Waals surface area (Å²) in [6.45, 7) is -12.9. The largest absolute Gasteiger partial charge is 0.493 e. The molecule has 0 aliphatic carbocycles. The molecule has 0 bridgehead atoms. The Morgan fingerprint density at radius 1 is 0.560 bits per heavy atom. The number of rotatable bonds is 21. The van der Waals surface area contributed by atoms with Crippen molar-refractivity contribution in [1.82, 2.24) is 14.7 Å². The quantitative estimate of drug-likeness (QED) is 0.0666. The highest BCUT2D eigenvalue weighted by Crippen LogP contribution is 2.50. The lowest BCUT2D eigenvalue weighted by atomic mass is 9.72. The van der Waals surface area contributed by atoms with Crippen molar-refractivity contribution in [1.29, 1.82) is 0 Å². The van der Waals surface area contributed by atoms with E-state index >= 15 is 0 Å². The molecule has 0 spiro atoms. The Morgan fingerprint density at radius 2 is 0.945 bits per heavy atom. The Bertz CT molecular complexity index is 5240. The van der Waals surface area contributed by atoms with Gasteiger partial charge in [0.25, 0.3) is 0 Å². The molecule has 9 rings (SSSR count). The zero-order chi connectivity index (χ0) is 110. The minimum absolute atomic E-state index is 0.0931. The van der Waals surface area contributed by atoms with Crippen molar-refractivity contribution in [3.63, 3.8) is 0 Å². The first-order valence-corrected chi connectivity index (χ1v) is 28.9. The highest BCUT2D eigenvalue weighted by Gasteiger charge is 2.50. The Hall–Kier alpha value is -5.37. The third kappa shape index (κ3) is 17.5. The van der Waals surface area contributed by atoms with E-state index in [4.69, 9.17) is 101 Å². The molecule has 3 aromatic carbocycles. The molecule has 15 atom stereocenters. The summed E-state index contributed by atoms with van der Waals surface area (Å²) in [6.07, 6.45) is -31.7. The van der Waals surface area contributed by atoms with Gasteiger partial charge in [-0.05, 0) is 150 Å². The van der Waals surface area contributed by atoms with E-state index in [2.05, 4.69) is 0 Å². The van der Waals surface area contributed by atoms with Crippen LogP contribution < -0.4 is 45.6 Å². The van der Waals surface area contributed by atoms with Crippen molar-refractivity contribution in [2.45, 2.75) is 201 Å². The Labute approximate surface area is 614 Å². The van der Waals surface area contributed by atoms with E-state index in [0.29, 0.717) is 37.5 Å². The predicted molar refractivity (Wildman–Crippen MR) is 358 cm³/mol. The van der Waals surface area contributed by atoms with Gasteiger partial charge in [0.15, 0.2) is 34.5 Å². The molecule has 3 fully saturated rings. The molecule has 510 valence electrons. The summed E-state index contributed by atoms with van der Waals surface area (Å²) in [5, 5.41) is 0. The van der Waals surface area contributed by atoms with Gasteiger partial charge in [-0.25, -0.2) is 0 Å².